The summed E-state index contributed by atoms with van der Waals surface area (Å²) in [5, 5.41) is 13.7. The van der Waals surface area contributed by atoms with Crippen LogP contribution in [0.5, 0.6) is 0 Å². The Morgan fingerprint density at radius 1 is 1.50 bits per heavy atom. The maximum Gasteiger partial charge on any atom is 0.293 e. The normalized spacial score (nSPS) is 20.8. The molecule has 1 atom stereocenters. The first-order valence-corrected chi connectivity index (χ1v) is 8.76. The third-order valence-electron chi connectivity index (χ3n) is 3.14. The molecule has 1 aliphatic rings. The summed E-state index contributed by atoms with van der Waals surface area (Å²) in [4.78, 5) is 10.3. The molecule has 20 heavy (non-hydrogen) atoms. The van der Waals surface area contributed by atoms with E-state index in [2.05, 4.69) is 5.32 Å². The minimum absolute atomic E-state index is 0.0701. The number of benzene rings is 1. The Labute approximate surface area is 129 Å². The van der Waals surface area contributed by atoms with Crippen molar-refractivity contribution in [2.24, 2.45) is 5.92 Å². The van der Waals surface area contributed by atoms with Crippen LogP contribution in [0.25, 0.3) is 0 Å². The molecule has 0 aliphatic carbocycles. The van der Waals surface area contributed by atoms with Crippen molar-refractivity contribution in [3.05, 3.63) is 31.6 Å². The standard InChI is InChI=1S/C11H12FIN2O4S/c12-8-3-10(11(15(16)17)4-9(8)13)14-5-7-1-2-20(18,19)6-7/h3-4,7,14H,1-2,5-6H2. The first kappa shape index (κ1) is 15.4. The molecule has 1 fully saturated rings. The smallest absolute Gasteiger partial charge is 0.293 e. The molecule has 1 heterocycles. The van der Waals surface area contributed by atoms with Gasteiger partial charge >= 0.3 is 0 Å². The van der Waals surface area contributed by atoms with Gasteiger partial charge < -0.3 is 5.32 Å². The van der Waals surface area contributed by atoms with E-state index in [1.807, 2.05) is 0 Å². The zero-order chi connectivity index (χ0) is 14.9. The maximum atomic E-state index is 13.5. The van der Waals surface area contributed by atoms with E-state index in [-0.39, 0.29) is 38.9 Å². The maximum absolute atomic E-state index is 13.5. The molecule has 0 spiro atoms. The highest BCUT2D eigenvalue weighted by atomic mass is 127. The van der Waals surface area contributed by atoms with Crippen molar-refractivity contribution < 1.29 is 17.7 Å². The van der Waals surface area contributed by atoms with Gasteiger partial charge in [0, 0.05) is 18.7 Å². The summed E-state index contributed by atoms with van der Waals surface area (Å²) in [5.41, 5.74) is -0.131. The van der Waals surface area contributed by atoms with Crippen LogP contribution in [0.15, 0.2) is 12.1 Å². The average molecular weight is 414 g/mol. The van der Waals surface area contributed by atoms with Gasteiger partial charge in [0.2, 0.25) is 0 Å². The van der Waals surface area contributed by atoms with Crippen LogP contribution in [0.4, 0.5) is 15.8 Å². The van der Waals surface area contributed by atoms with Gasteiger partial charge in [-0.1, -0.05) is 0 Å². The Balaban J connectivity index is 2.13. The molecule has 1 N–H and O–H groups in total. The molecule has 1 unspecified atom stereocenters. The first-order chi connectivity index (χ1) is 9.28. The van der Waals surface area contributed by atoms with E-state index in [9.17, 15) is 22.9 Å². The molecule has 0 saturated carbocycles. The van der Waals surface area contributed by atoms with Crippen LogP contribution in [-0.4, -0.2) is 31.4 Å². The summed E-state index contributed by atoms with van der Waals surface area (Å²) in [7, 11) is -2.99. The number of rotatable bonds is 4. The molecule has 0 bridgehead atoms. The molecule has 1 aliphatic heterocycles. The summed E-state index contributed by atoms with van der Waals surface area (Å²) in [6.07, 6.45) is 0.524. The van der Waals surface area contributed by atoms with Crippen molar-refractivity contribution in [1.29, 1.82) is 0 Å². The zero-order valence-corrected chi connectivity index (χ0v) is 13.3. The molecule has 2 rings (SSSR count). The van der Waals surface area contributed by atoms with E-state index in [4.69, 9.17) is 0 Å². The molecule has 9 heteroatoms. The van der Waals surface area contributed by atoms with Crippen molar-refractivity contribution in [2.75, 3.05) is 23.4 Å². The van der Waals surface area contributed by atoms with E-state index in [1.54, 1.807) is 22.6 Å². The fraction of sp³-hybridized carbons (Fsp3) is 0.455. The number of nitro benzene ring substituents is 1. The number of nitro groups is 1. The van der Waals surface area contributed by atoms with Crippen molar-refractivity contribution in [3.63, 3.8) is 0 Å². The molecular formula is C11H12FIN2O4S. The number of sulfone groups is 1. The van der Waals surface area contributed by atoms with Crippen LogP contribution >= 0.6 is 22.6 Å². The predicted octanol–water partition coefficient (Wildman–Crippen LogP) is 2.19. The Morgan fingerprint density at radius 2 is 2.20 bits per heavy atom. The van der Waals surface area contributed by atoms with Crippen LogP contribution < -0.4 is 5.32 Å². The molecule has 1 saturated heterocycles. The highest BCUT2D eigenvalue weighted by molar-refractivity contribution is 14.1. The van der Waals surface area contributed by atoms with E-state index >= 15 is 0 Å². The molecule has 1 aromatic carbocycles. The lowest BCUT2D eigenvalue weighted by molar-refractivity contribution is -0.384. The van der Waals surface area contributed by atoms with Crippen LogP contribution in [-0.2, 0) is 9.84 Å². The van der Waals surface area contributed by atoms with Gasteiger partial charge in [0.15, 0.2) is 9.84 Å². The van der Waals surface area contributed by atoms with Gasteiger partial charge in [-0.15, -0.1) is 0 Å². The lowest BCUT2D eigenvalue weighted by Gasteiger charge is -2.11. The van der Waals surface area contributed by atoms with Crippen LogP contribution in [0.1, 0.15) is 6.42 Å². The number of hydrogen-bond acceptors (Lipinski definition) is 5. The van der Waals surface area contributed by atoms with Gasteiger partial charge in [-0.2, -0.15) is 0 Å². The van der Waals surface area contributed by atoms with Gasteiger partial charge in [-0.05, 0) is 34.9 Å². The van der Waals surface area contributed by atoms with Crippen LogP contribution in [0, 0.1) is 25.4 Å². The largest absolute Gasteiger partial charge is 0.379 e. The first-order valence-electron chi connectivity index (χ1n) is 5.86. The predicted molar refractivity (Wildman–Crippen MR) is 81.0 cm³/mol. The minimum Gasteiger partial charge on any atom is -0.379 e. The summed E-state index contributed by atoms with van der Waals surface area (Å²) in [5.74, 6) is -0.428. The Hall–Kier alpha value is -0.970. The summed E-state index contributed by atoms with van der Waals surface area (Å²) in [6.45, 7) is 0.278. The number of halogens is 2. The molecule has 6 nitrogen and oxygen atoms in total. The SMILES string of the molecule is O=[N+]([O-])c1cc(I)c(F)cc1NCC1CCS(=O)(=O)C1. The van der Waals surface area contributed by atoms with Crippen LogP contribution in [0.2, 0.25) is 0 Å². The lowest BCUT2D eigenvalue weighted by atomic mass is 10.1. The Morgan fingerprint density at radius 3 is 2.75 bits per heavy atom. The molecule has 110 valence electrons. The second-order valence-electron chi connectivity index (χ2n) is 4.69. The fourth-order valence-corrected chi connectivity index (χ4v) is 4.43. The summed E-state index contributed by atoms with van der Waals surface area (Å²) in [6, 6.07) is 2.23. The quantitative estimate of drug-likeness (QED) is 0.464. The van der Waals surface area contributed by atoms with Crippen molar-refractivity contribution in [2.45, 2.75) is 6.42 Å². The zero-order valence-electron chi connectivity index (χ0n) is 10.3. The van der Waals surface area contributed by atoms with Crippen molar-refractivity contribution >= 4 is 43.8 Å². The van der Waals surface area contributed by atoms with E-state index < -0.39 is 20.6 Å². The number of anilines is 1. The molecule has 0 radical (unpaired) electrons. The highest BCUT2D eigenvalue weighted by Gasteiger charge is 2.28. The number of nitrogens with one attached hydrogen (secondary N) is 1. The Kier molecular flexibility index (Phi) is 4.47. The number of nitrogens with zero attached hydrogens (tertiary/aromatic N) is 1. The van der Waals surface area contributed by atoms with Crippen molar-refractivity contribution in [1.82, 2.24) is 0 Å². The molecule has 0 aromatic heterocycles. The molecular weight excluding hydrogens is 402 g/mol. The fourth-order valence-electron chi connectivity index (χ4n) is 2.12. The average Bonchev–Trinajstić information content (AvgIpc) is 2.69. The lowest BCUT2D eigenvalue weighted by Crippen LogP contribution is -2.16. The molecule has 0 amide bonds. The second kappa shape index (κ2) is 5.80. The van der Waals surface area contributed by atoms with Gasteiger partial charge in [0.1, 0.15) is 11.5 Å². The monoisotopic (exact) mass is 414 g/mol. The van der Waals surface area contributed by atoms with Gasteiger partial charge in [0.05, 0.1) is 20.0 Å². The van der Waals surface area contributed by atoms with Crippen molar-refractivity contribution in [3.8, 4) is 0 Å². The molecule has 1 aromatic rings. The van der Waals surface area contributed by atoms with Gasteiger partial charge in [-0.25, -0.2) is 12.8 Å². The summed E-state index contributed by atoms with van der Waals surface area (Å²) < 4.78 is 36.3. The van der Waals surface area contributed by atoms with Crippen LogP contribution in [0.3, 0.4) is 0 Å². The number of hydrogen-bond donors (Lipinski definition) is 1. The third kappa shape index (κ3) is 3.57. The Bertz CT molecular complexity index is 650. The van der Waals surface area contributed by atoms with E-state index in [0.29, 0.717) is 6.42 Å². The second-order valence-corrected chi connectivity index (χ2v) is 8.08. The van der Waals surface area contributed by atoms with E-state index in [0.717, 1.165) is 12.1 Å². The van der Waals surface area contributed by atoms with Gasteiger partial charge in [-0.3, -0.25) is 10.1 Å². The third-order valence-corrected chi connectivity index (χ3v) is 5.81. The van der Waals surface area contributed by atoms with E-state index in [1.165, 1.54) is 0 Å². The highest BCUT2D eigenvalue weighted by Crippen LogP contribution is 2.29. The topological polar surface area (TPSA) is 89.3 Å². The van der Waals surface area contributed by atoms with Gasteiger partial charge in [0.25, 0.3) is 5.69 Å². The minimum atomic E-state index is -2.99. The summed E-state index contributed by atoms with van der Waals surface area (Å²) >= 11 is 1.68.